The number of rotatable bonds is 1. The molecule has 0 saturated carbocycles. The van der Waals surface area contributed by atoms with Gasteiger partial charge in [0, 0.05) is 22.3 Å². The Labute approximate surface area is 99.5 Å². The maximum absolute atomic E-state index is 12.1. The number of pyridine rings is 1. The zero-order valence-corrected chi connectivity index (χ0v) is 11.0. The molecule has 0 aromatic carbocycles. The van der Waals surface area contributed by atoms with Crippen molar-refractivity contribution >= 4 is 21.4 Å². The molecule has 2 heterocycles. The minimum Gasteiger partial charge on any atom is -0.315 e. The Morgan fingerprint density at radius 2 is 2.06 bits per heavy atom. The average molecular weight is 235 g/mol. The van der Waals surface area contributed by atoms with Crippen LogP contribution in [0.3, 0.4) is 0 Å². The summed E-state index contributed by atoms with van der Waals surface area (Å²) in [5.74, 6) is 0. The van der Waals surface area contributed by atoms with E-state index < -0.39 is 0 Å². The molecule has 0 aliphatic heterocycles. The summed E-state index contributed by atoms with van der Waals surface area (Å²) < 4.78 is 2.85. The molecule has 2 rings (SSSR count). The van der Waals surface area contributed by atoms with Crippen LogP contribution in [0.5, 0.6) is 0 Å². The summed E-state index contributed by atoms with van der Waals surface area (Å²) >= 11 is 1.72. The van der Waals surface area contributed by atoms with E-state index in [1.807, 2.05) is 19.2 Å². The van der Waals surface area contributed by atoms with Crippen molar-refractivity contribution in [3.8, 4) is 0 Å². The smallest absolute Gasteiger partial charge is 0.259 e. The van der Waals surface area contributed by atoms with Gasteiger partial charge in [-0.3, -0.25) is 4.79 Å². The Hall–Kier alpha value is -1.09. The summed E-state index contributed by atoms with van der Waals surface area (Å²) in [6.45, 7) is 9.25. The van der Waals surface area contributed by atoms with Gasteiger partial charge >= 0.3 is 0 Å². The molecular formula is C13H17NOS. The topological polar surface area (TPSA) is 22.0 Å². The van der Waals surface area contributed by atoms with E-state index in [1.165, 1.54) is 4.88 Å². The van der Waals surface area contributed by atoms with Gasteiger partial charge in [-0.15, -0.1) is 11.3 Å². The predicted octanol–water partition coefficient (Wildman–Crippen LogP) is 3.38. The first-order valence-electron chi connectivity index (χ1n) is 5.57. The first kappa shape index (κ1) is 11.4. The number of aryl methyl sites for hydroxylation is 1. The highest BCUT2D eigenvalue weighted by atomic mass is 32.1. The molecule has 2 aromatic rings. The summed E-state index contributed by atoms with van der Waals surface area (Å²) in [5, 5.41) is 0.860. The van der Waals surface area contributed by atoms with Crippen molar-refractivity contribution in [1.82, 2.24) is 4.57 Å². The van der Waals surface area contributed by atoms with E-state index >= 15 is 0 Å². The van der Waals surface area contributed by atoms with Crippen LogP contribution in [0, 0.1) is 0 Å². The standard InChI is InChI=1S/C13H17NOS/c1-5-14-7-6-10-9(12(14)15)8-11(16-10)13(2,3)4/h6-8H,5H2,1-4H3. The summed E-state index contributed by atoms with van der Waals surface area (Å²) in [7, 11) is 0. The van der Waals surface area contributed by atoms with Crippen LogP contribution in [0.2, 0.25) is 0 Å². The molecule has 0 bridgehead atoms. The van der Waals surface area contributed by atoms with Crippen LogP contribution in [0.1, 0.15) is 32.6 Å². The van der Waals surface area contributed by atoms with Gasteiger partial charge in [-0.05, 0) is 24.5 Å². The molecule has 0 aliphatic carbocycles. The lowest BCUT2D eigenvalue weighted by molar-refractivity contribution is 0.604. The first-order chi connectivity index (χ1) is 7.43. The van der Waals surface area contributed by atoms with Gasteiger partial charge in [-0.25, -0.2) is 0 Å². The van der Waals surface area contributed by atoms with Crippen LogP contribution in [-0.2, 0) is 12.0 Å². The van der Waals surface area contributed by atoms with E-state index in [1.54, 1.807) is 15.9 Å². The van der Waals surface area contributed by atoms with Gasteiger partial charge in [0.2, 0.25) is 0 Å². The van der Waals surface area contributed by atoms with E-state index in [9.17, 15) is 4.79 Å². The second kappa shape index (κ2) is 3.74. The lowest BCUT2D eigenvalue weighted by Crippen LogP contribution is -2.17. The van der Waals surface area contributed by atoms with Gasteiger partial charge in [-0.2, -0.15) is 0 Å². The van der Waals surface area contributed by atoms with Gasteiger partial charge < -0.3 is 4.57 Å². The Balaban J connectivity index is 2.72. The monoisotopic (exact) mass is 235 g/mol. The van der Waals surface area contributed by atoms with Gasteiger partial charge in [0.1, 0.15) is 0 Å². The third-order valence-electron chi connectivity index (χ3n) is 2.74. The van der Waals surface area contributed by atoms with Crippen LogP contribution in [0.15, 0.2) is 23.1 Å². The van der Waals surface area contributed by atoms with Crippen LogP contribution >= 0.6 is 11.3 Å². The molecule has 0 atom stereocenters. The van der Waals surface area contributed by atoms with Crippen LogP contribution in [0.25, 0.3) is 10.1 Å². The normalized spacial score (nSPS) is 12.2. The van der Waals surface area contributed by atoms with Crippen LogP contribution < -0.4 is 5.56 Å². The van der Waals surface area contributed by atoms with Crippen LogP contribution in [-0.4, -0.2) is 4.57 Å². The van der Waals surface area contributed by atoms with Crippen molar-refractivity contribution in [2.75, 3.05) is 0 Å². The van der Waals surface area contributed by atoms with E-state index in [-0.39, 0.29) is 11.0 Å². The zero-order chi connectivity index (χ0) is 11.9. The predicted molar refractivity (Wildman–Crippen MR) is 70.5 cm³/mol. The van der Waals surface area contributed by atoms with Crippen molar-refractivity contribution in [2.24, 2.45) is 0 Å². The Kier molecular flexibility index (Phi) is 2.66. The molecule has 2 aromatic heterocycles. The highest BCUT2D eigenvalue weighted by Gasteiger charge is 2.18. The molecule has 0 amide bonds. The molecule has 0 radical (unpaired) electrons. The molecule has 0 fully saturated rings. The minimum absolute atomic E-state index is 0.118. The summed E-state index contributed by atoms with van der Waals surface area (Å²) in [4.78, 5) is 13.3. The fourth-order valence-electron chi connectivity index (χ4n) is 1.69. The van der Waals surface area contributed by atoms with E-state index in [0.29, 0.717) is 0 Å². The molecule has 86 valence electrons. The van der Waals surface area contributed by atoms with Crippen molar-refractivity contribution in [3.05, 3.63) is 33.6 Å². The maximum Gasteiger partial charge on any atom is 0.259 e. The van der Waals surface area contributed by atoms with E-state index in [4.69, 9.17) is 0 Å². The number of aromatic nitrogens is 1. The summed E-state index contributed by atoms with van der Waals surface area (Å²) in [6, 6.07) is 4.09. The average Bonchev–Trinajstić information content (AvgIpc) is 2.62. The Bertz CT molecular complexity index is 572. The third kappa shape index (κ3) is 1.80. The third-order valence-corrected chi connectivity index (χ3v) is 4.26. The molecule has 16 heavy (non-hydrogen) atoms. The van der Waals surface area contributed by atoms with E-state index in [0.717, 1.165) is 16.6 Å². The number of fused-ring (bicyclic) bond motifs is 1. The van der Waals surface area contributed by atoms with Crippen molar-refractivity contribution in [3.63, 3.8) is 0 Å². The van der Waals surface area contributed by atoms with Crippen molar-refractivity contribution in [2.45, 2.75) is 39.7 Å². The molecule has 2 nitrogen and oxygen atoms in total. The molecule has 0 saturated heterocycles. The Morgan fingerprint density at radius 3 is 2.62 bits per heavy atom. The lowest BCUT2D eigenvalue weighted by atomic mass is 9.94. The molecule has 3 heteroatoms. The second-order valence-electron chi connectivity index (χ2n) is 5.05. The van der Waals surface area contributed by atoms with Gasteiger partial charge in [0.15, 0.2) is 0 Å². The fraction of sp³-hybridized carbons (Fsp3) is 0.462. The van der Waals surface area contributed by atoms with Crippen molar-refractivity contribution < 1.29 is 0 Å². The van der Waals surface area contributed by atoms with Gasteiger partial charge in [-0.1, -0.05) is 20.8 Å². The molecule has 0 N–H and O–H groups in total. The fourth-order valence-corrected chi connectivity index (χ4v) is 2.80. The highest BCUT2D eigenvalue weighted by molar-refractivity contribution is 7.19. The second-order valence-corrected chi connectivity index (χ2v) is 6.13. The molecule has 0 unspecified atom stereocenters. The quantitative estimate of drug-likeness (QED) is 0.742. The zero-order valence-electron chi connectivity index (χ0n) is 10.2. The molecule has 0 spiro atoms. The maximum atomic E-state index is 12.1. The van der Waals surface area contributed by atoms with Crippen molar-refractivity contribution in [1.29, 1.82) is 0 Å². The minimum atomic E-state index is 0.118. The van der Waals surface area contributed by atoms with Gasteiger partial charge in [0.25, 0.3) is 5.56 Å². The molecular weight excluding hydrogens is 218 g/mol. The Morgan fingerprint density at radius 1 is 1.38 bits per heavy atom. The number of nitrogens with zero attached hydrogens (tertiary/aromatic N) is 1. The van der Waals surface area contributed by atoms with Crippen LogP contribution in [0.4, 0.5) is 0 Å². The number of thiophene rings is 1. The first-order valence-corrected chi connectivity index (χ1v) is 6.38. The van der Waals surface area contributed by atoms with Gasteiger partial charge in [0.05, 0.1) is 5.39 Å². The largest absolute Gasteiger partial charge is 0.315 e. The molecule has 0 aliphatic rings. The number of hydrogen-bond acceptors (Lipinski definition) is 2. The summed E-state index contributed by atoms with van der Waals surface area (Å²) in [5.41, 5.74) is 0.249. The van der Waals surface area contributed by atoms with E-state index in [2.05, 4.69) is 26.8 Å². The SMILES string of the molecule is CCn1ccc2sc(C(C)(C)C)cc2c1=O. The summed E-state index contributed by atoms with van der Waals surface area (Å²) in [6.07, 6.45) is 1.88. The number of hydrogen-bond donors (Lipinski definition) is 0. The lowest BCUT2D eigenvalue weighted by Gasteiger charge is -2.14. The highest BCUT2D eigenvalue weighted by Crippen LogP contribution is 2.32.